The highest BCUT2D eigenvalue weighted by atomic mass is 16.5. The van der Waals surface area contributed by atoms with E-state index in [1.165, 1.54) is 0 Å². The number of likely N-dealkylation sites (tertiary alicyclic amines) is 1. The van der Waals surface area contributed by atoms with Gasteiger partial charge < -0.3 is 15.0 Å². The van der Waals surface area contributed by atoms with Gasteiger partial charge in [0.25, 0.3) is 0 Å². The summed E-state index contributed by atoms with van der Waals surface area (Å²) < 4.78 is 5.70. The van der Waals surface area contributed by atoms with Crippen molar-refractivity contribution in [3.8, 4) is 5.88 Å². The number of hydrogen-bond acceptors (Lipinski definition) is 4. The van der Waals surface area contributed by atoms with Crippen molar-refractivity contribution in [2.45, 2.75) is 45.7 Å². The molecule has 1 aromatic heterocycles. The highest BCUT2D eigenvalue weighted by Gasteiger charge is 2.33. The summed E-state index contributed by atoms with van der Waals surface area (Å²) >= 11 is 0. The number of pyridine rings is 1. The molecule has 1 saturated heterocycles. The minimum Gasteiger partial charge on any atom is -0.477 e. The van der Waals surface area contributed by atoms with E-state index in [0.717, 1.165) is 31.4 Å². The van der Waals surface area contributed by atoms with Crippen LogP contribution in [0.2, 0.25) is 0 Å². The quantitative estimate of drug-likeness (QED) is 0.785. The molecule has 122 valence electrons. The Balaban J connectivity index is 1.89. The minimum atomic E-state index is 0.0751. The van der Waals surface area contributed by atoms with Crippen LogP contribution in [0.1, 0.15) is 38.7 Å². The molecule has 22 heavy (non-hydrogen) atoms. The van der Waals surface area contributed by atoms with Crippen LogP contribution in [0.5, 0.6) is 5.88 Å². The van der Waals surface area contributed by atoms with Gasteiger partial charge >= 0.3 is 0 Å². The normalized spacial score (nSPS) is 21.8. The highest BCUT2D eigenvalue weighted by molar-refractivity contribution is 5.79. The lowest BCUT2D eigenvalue weighted by Crippen LogP contribution is -2.37. The number of rotatable bonds is 7. The summed E-state index contributed by atoms with van der Waals surface area (Å²) in [6.45, 7) is 6.36. The van der Waals surface area contributed by atoms with Crippen molar-refractivity contribution in [2.75, 3.05) is 20.2 Å². The van der Waals surface area contributed by atoms with Crippen LogP contribution in [0, 0.1) is 5.92 Å². The molecule has 1 fully saturated rings. The van der Waals surface area contributed by atoms with Crippen molar-refractivity contribution in [2.24, 2.45) is 5.92 Å². The Morgan fingerprint density at radius 1 is 1.55 bits per heavy atom. The van der Waals surface area contributed by atoms with E-state index in [2.05, 4.69) is 36.1 Å². The van der Waals surface area contributed by atoms with Crippen molar-refractivity contribution < 1.29 is 9.53 Å². The maximum absolute atomic E-state index is 12.3. The molecule has 2 rings (SSSR count). The van der Waals surface area contributed by atoms with Crippen LogP contribution in [-0.4, -0.2) is 42.0 Å². The number of hydrogen-bond donors (Lipinski definition) is 1. The molecule has 1 aliphatic rings. The molecule has 0 spiro atoms. The van der Waals surface area contributed by atoms with E-state index in [1.807, 2.05) is 12.1 Å². The smallest absolute Gasteiger partial charge is 0.225 e. The lowest BCUT2D eigenvalue weighted by atomic mass is 10.0. The molecule has 0 saturated carbocycles. The molecule has 5 nitrogen and oxygen atoms in total. The van der Waals surface area contributed by atoms with Gasteiger partial charge in [0, 0.05) is 24.3 Å². The number of carbonyl (C=O) groups is 1. The van der Waals surface area contributed by atoms with E-state index >= 15 is 0 Å². The Hall–Kier alpha value is -1.62. The fourth-order valence-electron chi connectivity index (χ4n) is 2.76. The highest BCUT2D eigenvalue weighted by Crippen LogP contribution is 2.23. The maximum atomic E-state index is 12.3. The van der Waals surface area contributed by atoms with Crippen LogP contribution in [-0.2, 0) is 11.3 Å². The van der Waals surface area contributed by atoms with E-state index in [-0.39, 0.29) is 11.8 Å². The van der Waals surface area contributed by atoms with E-state index < -0.39 is 0 Å². The second-order valence-electron chi connectivity index (χ2n) is 6.00. The summed E-state index contributed by atoms with van der Waals surface area (Å²) in [6.07, 6.45) is 4.75. The number of aromatic nitrogens is 1. The first-order valence-electron chi connectivity index (χ1n) is 8.18. The van der Waals surface area contributed by atoms with Crippen molar-refractivity contribution in [3.05, 3.63) is 23.9 Å². The Bertz CT molecular complexity index is 493. The van der Waals surface area contributed by atoms with Crippen LogP contribution in [0.3, 0.4) is 0 Å². The predicted molar refractivity (Wildman–Crippen MR) is 86.7 cm³/mol. The zero-order chi connectivity index (χ0) is 15.9. The number of carbonyl (C=O) groups excluding carboxylic acids is 1. The van der Waals surface area contributed by atoms with Crippen molar-refractivity contribution in [1.82, 2.24) is 15.2 Å². The molecule has 1 N–H and O–H groups in total. The van der Waals surface area contributed by atoms with Gasteiger partial charge in [-0.2, -0.15) is 0 Å². The lowest BCUT2D eigenvalue weighted by molar-refractivity contribution is -0.125. The van der Waals surface area contributed by atoms with Gasteiger partial charge in [-0.25, -0.2) is 4.98 Å². The van der Waals surface area contributed by atoms with E-state index in [4.69, 9.17) is 4.74 Å². The van der Waals surface area contributed by atoms with Gasteiger partial charge in [0.2, 0.25) is 11.8 Å². The molecule has 1 aromatic rings. The summed E-state index contributed by atoms with van der Waals surface area (Å²) in [4.78, 5) is 18.8. The molecule has 2 heterocycles. The van der Waals surface area contributed by atoms with Crippen molar-refractivity contribution >= 4 is 5.91 Å². The predicted octanol–water partition coefficient (Wildman–Crippen LogP) is 2.22. The number of amides is 1. The third kappa shape index (κ3) is 4.19. The molecule has 1 aliphatic heterocycles. The number of ether oxygens (including phenoxy) is 1. The van der Waals surface area contributed by atoms with Crippen LogP contribution in [0.4, 0.5) is 0 Å². The second kappa shape index (κ2) is 8.13. The third-order valence-corrected chi connectivity index (χ3v) is 4.45. The average molecular weight is 305 g/mol. The Morgan fingerprint density at radius 3 is 3.05 bits per heavy atom. The van der Waals surface area contributed by atoms with Gasteiger partial charge in [0.1, 0.15) is 0 Å². The number of nitrogens with zero attached hydrogens (tertiary/aromatic N) is 2. The van der Waals surface area contributed by atoms with E-state index in [0.29, 0.717) is 25.1 Å². The first-order valence-corrected chi connectivity index (χ1v) is 8.18. The fourth-order valence-corrected chi connectivity index (χ4v) is 2.76. The van der Waals surface area contributed by atoms with Crippen LogP contribution in [0.25, 0.3) is 0 Å². The molecule has 5 heteroatoms. The molecule has 0 aliphatic carbocycles. The van der Waals surface area contributed by atoms with Gasteiger partial charge in [-0.1, -0.05) is 19.4 Å². The Kier molecular flexibility index (Phi) is 6.19. The van der Waals surface area contributed by atoms with Gasteiger partial charge in [-0.3, -0.25) is 4.79 Å². The monoisotopic (exact) mass is 305 g/mol. The molecule has 0 aromatic carbocycles. The van der Waals surface area contributed by atoms with Crippen LogP contribution in [0.15, 0.2) is 18.3 Å². The lowest BCUT2D eigenvalue weighted by Gasteiger charge is -2.20. The first kappa shape index (κ1) is 16.7. The summed E-state index contributed by atoms with van der Waals surface area (Å²) in [5.74, 6) is 0.833. The minimum absolute atomic E-state index is 0.0751. The van der Waals surface area contributed by atoms with Gasteiger partial charge in [0.05, 0.1) is 12.5 Å². The second-order valence-corrected chi connectivity index (χ2v) is 6.00. The van der Waals surface area contributed by atoms with Crippen molar-refractivity contribution in [3.63, 3.8) is 0 Å². The topological polar surface area (TPSA) is 54.5 Å². The van der Waals surface area contributed by atoms with Gasteiger partial charge in [-0.05, 0) is 39.4 Å². The summed E-state index contributed by atoms with van der Waals surface area (Å²) in [6, 6.07) is 4.13. The fraction of sp³-hybridized carbons (Fsp3) is 0.647. The van der Waals surface area contributed by atoms with Crippen LogP contribution < -0.4 is 10.1 Å². The van der Waals surface area contributed by atoms with Gasteiger partial charge in [-0.15, -0.1) is 0 Å². The molecular weight excluding hydrogens is 278 g/mol. The summed E-state index contributed by atoms with van der Waals surface area (Å²) in [5, 5.41) is 3.04. The average Bonchev–Trinajstić information content (AvgIpc) is 2.86. The third-order valence-electron chi connectivity index (χ3n) is 4.45. The van der Waals surface area contributed by atoms with E-state index in [9.17, 15) is 4.79 Å². The zero-order valence-corrected chi connectivity index (χ0v) is 13.8. The van der Waals surface area contributed by atoms with Gasteiger partial charge in [0.15, 0.2) is 0 Å². The largest absolute Gasteiger partial charge is 0.477 e. The Morgan fingerprint density at radius 2 is 2.36 bits per heavy atom. The molecule has 0 unspecified atom stereocenters. The van der Waals surface area contributed by atoms with E-state index in [1.54, 1.807) is 6.20 Å². The Labute approximate surface area is 133 Å². The maximum Gasteiger partial charge on any atom is 0.225 e. The number of unbranched alkanes of at least 4 members (excludes halogenated alkanes) is 1. The summed E-state index contributed by atoms with van der Waals surface area (Å²) in [7, 11) is 2.07. The summed E-state index contributed by atoms with van der Waals surface area (Å²) in [5.41, 5.74) is 0.936. The number of nitrogens with one attached hydrogen (secondary N) is 1. The molecule has 0 bridgehead atoms. The molecular formula is C17H27N3O2. The zero-order valence-electron chi connectivity index (χ0n) is 13.8. The standard InChI is InChI=1S/C17H27N3O2/c1-4-5-11-22-17-14(7-6-9-18-17)12-19-16(21)15-8-10-20(3)13(15)2/h6-7,9,13,15H,4-5,8,10-12H2,1-3H3,(H,19,21)/t13-,15-/m1/s1. The van der Waals surface area contributed by atoms with Crippen LogP contribution >= 0.6 is 0 Å². The molecule has 0 radical (unpaired) electrons. The van der Waals surface area contributed by atoms with Crippen molar-refractivity contribution in [1.29, 1.82) is 0 Å². The molecule has 2 atom stereocenters. The first-order chi connectivity index (χ1) is 10.6. The molecule has 1 amide bonds. The SMILES string of the molecule is CCCCOc1ncccc1CNC(=O)[C@@H]1CCN(C)[C@@H]1C.